The third-order valence-electron chi connectivity index (χ3n) is 3.15. The number of thiophene rings is 1. The molecule has 2 nitrogen and oxygen atoms in total. The van der Waals surface area contributed by atoms with Gasteiger partial charge in [0.25, 0.3) is 0 Å². The maximum atomic E-state index is 5.67. The predicted molar refractivity (Wildman–Crippen MR) is 72.8 cm³/mol. The average Bonchev–Trinajstić information content (AvgIpc) is 2.60. The molecular weight excluding hydrogens is 216 g/mol. The van der Waals surface area contributed by atoms with Gasteiger partial charge in [0.2, 0.25) is 0 Å². The Balaban J connectivity index is 2.61. The highest BCUT2D eigenvalue weighted by atomic mass is 32.1. The van der Waals surface area contributed by atoms with Crippen LogP contribution >= 0.6 is 11.3 Å². The van der Waals surface area contributed by atoms with Gasteiger partial charge in [-0.05, 0) is 38.9 Å². The van der Waals surface area contributed by atoms with Crippen molar-refractivity contribution in [2.75, 3.05) is 7.05 Å². The van der Waals surface area contributed by atoms with Gasteiger partial charge in [-0.1, -0.05) is 13.3 Å². The molecule has 1 rings (SSSR count). The molecule has 1 unspecified atom stereocenters. The van der Waals surface area contributed by atoms with Crippen LogP contribution in [0.15, 0.2) is 6.07 Å². The van der Waals surface area contributed by atoms with Gasteiger partial charge in [-0.2, -0.15) is 0 Å². The number of hydrogen-bond donors (Lipinski definition) is 1. The van der Waals surface area contributed by atoms with Crippen molar-refractivity contribution in [3.8, 4) is 0 Å². The first-order chi connectivity index (χ1) is 7.58. The Morgan fingerprint density at radius 3 is 2.69 bits per heavy atom. The van der Waals surface area contributed by atoms with E-state index in [0.717, 1.165) is 6.54 Å². The lowest BCUT2D eigenvalue weighted by atomic mass is 10.1. The second-order valence-corrected chi connectivity index (χ2v) is 5.89. The summed E-state index contributed by atoms with van der Waals surface area (Å²) in [6.07, 6.45) is 2.52. The summed E-state index contributed by atoms with van der Waals surface area (Å²) in [4.78, 5) is 5.14. The first-order valence-corrected chi connectivity index (χ1v) is 6.88. The maximum Gasteiger partial charge on any atom is 0.0274 e. The number of hydrogen-bond acceptors (Lipinski definition) is 3. The van der Waals surface area contributed by atoms with Crippen LogP contribution in [-0.2, 0) is 13.1 Å². The molecule has 0 amide bonds. The summed E-state index contributed by atoms with van der Waals surface area (Å²) in [5, 5.41) is 0. The number of nitrogens with zero attached hydrogens (tertiary/aromatic N) is 1. The maximum absolute atomic E-state index is 5.67. The molecule has 2 N–H and O–H groups in total. The molecule has 92 valence electrons. The van der Waals surface area contributed by atoms with Crippen LogP contribution in [0.5, 0.6) is 0 Å². The van der Waals surface area contributed by atoms with E-state index in [0.29, 0.717) is 12.6 Å². The zero-order chi connectivity index (χ0) is 12.1. The molecule has 1 atom stereocenters. The van der Waals surface area contributed by atoms with Crippen molar-refractivity contribution in [1.29, 1.82) is 0 Å². The van der Waals surface area contributed by atoms with Gasteiger partial charge in [0.15, 0.2) is 0 Å². The van der Waals surface area contributed by atoms with Gasteiger partial charge in [-0.15, -0.1) is 11.3 Å². The van der Waals surface area contributed by atoms with Gasteiger partial charge in [-0.25, -0.2) is 0 Å². The molecule has 0 saturated carbocycles. The van der Waals surface area contributed by atoms with Crippen molar-refractivity contribution in [2.45, 2.75) is 52.7 Å². The van der Waals surface area contributed by atoms with Crippen molar-refractivity contribution < 1.29 is 0 Å². The van der Waals surface area contributed by atoms with Crippen LogP contribution in [-0.4, -0.2) is 18.0 Å². The second kappa shape index (κ2) is 6.38. The van der Waals surface area contributed by atoms with E-state index in [1.165, 1.54) is 28.2 Å². The highest BCUT2D eigenvalue weighted by Crippen LogP contribution is 2.23. The molecule has 0 fully saturated rings. The SMILES string of the molecule is CCCC(C)N(C)Cc1cc(CN)sc1C. The topological polar surface area (TPSA) is 29.3 Å². The lowest BCUT2D eigenvalue weighted by molar-refractivity contribution is 0.236. The Kier molecular flexibility index (Phi) is 5.46. The van der Waals surface area contributed by atoms with Crippen molar-refractivity contribution in [2.24, 2.45) is 5.73 Å². The van der Waals surface area contributed by atoms with E-state index in [9.17, 15) is 0 Å². The summed E-state index contributed by atoms with van der Waals surface area (Å²) in [5.74, 6) is 0. The van der Waals surface area contributed by atoms with Gasteiger partial charge in [0, 0.05) is 28.9 Å². The number of aryl methyl sites for hydroxylation is 1. The third-order valence-corrected chi connectivity index (χ3v) is 4.27. The molecular formula is C13H24N2S. The van der Waals surface area contributed by atoms with E-state index in [1.807, 2.05) is 11.3 Å². The standard InChI is InChI=1S/C13H24N2S/c1-5-6-10(2)15(4)9-12-7-13(8-14)16-11(12)3/h7,10H,5-6,8-9,14H2,1-4H3. The fourth-order valence-corrected chi connectivity index (χ4v) is 2.84. The lowest BCUT2D eigenvalue weighted by Crippen LogP contribution is -2.28. The minimum absolute atomic E-state index is 0.658. The van der Waals surface area contributed by atoms with E-state index in [2.05, 4.69) is 38.8 Å². The lowest BCUT2D eigenvalue weighted by Gasteiger charge is -2.24. The molecule has 0 aliphatic heterocycles. The molecule has 0 aliphatic rings. The van der Waals surface area contributed by atoms with E-state index < -0.39 is 0 Å². The fourth-order valence-electron chi connectivity index (χ4n) is 1.91. The molecule has 3 heteroatoms. The minimum atomic E-state index is 0.658. The average molecular weight is 240 g/mol. The Bertz CT molecular complexity index is 320. The van der Waals surface area contributed by atoms with Crippen molar-refractivity contribution >= 4 is 11.3 Å². The van der Waals surface area contributed by atoms with Gasteiger partial charge < -0.3 is 5.73 Å². The summed E-state index contributed by atoms with van der Waals surface area (Å²) in [7, 11) is 2.21. The van der Waals surface area contributed by atoms with Gasteiger partial charge in [-0.3, -0.25) is 4.90 Å². The van der Waals surface area contributed by atoms with E-state index >= 15 is 0 Å². The van der Waals surface area contributed by atoms with Crippen molar-refractivity contribution in [3.63, 3.8) is 0 Å². The summed E-state index contributed by atoms with van der Waals surface area (Å²) in [6.45, 7) is 8.45. The van der Waals surface area contributed by atoms with Crippen LogP contribution < -0.4 is 5.73 Å². The summed E-state index contributed by atoms with van der Waals surface area (Å²) in [6, 6.07) is 2.92. The number of rotatable bonds is 6. The molecule has 0 radical (unpaired) electrons. The van der Waals surface area contributed by atoms with Crippen LogP contribution in [0.1, 0.15) is 42.0 Å². The monoisotopic (exact) mass is 240 g/mol. The molecule has 16 heavy (non-hydrogen) atoms. The normalized spacial score (nSPS) is 13.4. The fraction of sp³-hybridized carbons (Fsp3) is 0.692. The van der Waals surface area contributed by atoms with Crippen LogP contribution in [0.2, 0.25) is 0 Å². The first-order valence-electron chi connectivity index (χ1n) is 6.07. The Morgan fingerprint density at radius 1 is 1.50 bits per heavy atom. The van der Waals surface area contributed by atoms with Gasteiger partial charge in [0.1, 0.15) is 0 Å². The first kappa shape index (κ1) is 13.7. The van der Waals surface area contributed by atoms with E-state index in [1.54, 1.807) is 0 Å². The molecule has 0 saturated heterocycles. The van der Waals surface area contributed by atoms with Crippen LogP contribution in [0.4, 0.5) is 0 Å². The van der Waals surface area contributed by atoms with Crippen LogP contribution in [0.3, 0.4) is 0 Å². The highest BCUT2D eigenvalue weighted by Gasteiger charge is 2.11. The van der Waals surface area contributed by atoms with Crippen LogP contribution in [0.25, 0.3) is 0 Å². The van der Waals surface area contributed by atoms with E-state index in [4.69, 9.17) is 5.73 Å². The Hall–Kier alpha value is -0.380. The van der Waals surface area contributed by atoms with Gasteiger partial charge in [0.05, 0.1) is 0 Å². The molecule has 1 aromatic rings. The Morgan fingerprint density at radius 2 is 2.19 bits per heavy atom. The van der Waals surface area contributed by atoms with Crippen molar-refractivity contribution in [1.82, 2.24) is 4.90 Å². The Labute approximate surface area is 103 Å². The van der Waals surface area contributed by atoms with E-state index in [-0.39, 0.29) is 0 Å². The van der Waals surface area contributed by atoms with Gasteiger partial charge >= 0.3 is 0 Å². The minimum Gasteiger partial charge on any atom is -0.326 e. The van der Waals surface area contributed by atoms with Crippen LogP contribution in [0, 0.1) is 6.92 Å². The molecule has 1 heterocycles. The number of nitrogens with two attached hydrogens (primary N) is 1. The smallest absolute Gasteiger partial charge is 0.0274 e. The third kappa shape index (κ3) is 3.58. The largest absolute Gasteiger partial charge is 0.326 e. The molecule has 0 aliphatic carbocycles. The highest BCUT2D eigenvalue weighted by molar-refractivity contribution is 7.12. The zero-order valence-electron chi connectivity index (χ0n) is 10.9. The molecule has 0 bridgehead atoms. The second-order valence-electron chi connectivity index (χ2n) is 4.55. The van der Waals surface area contributed by atoms with Crippen molar-refractivity contribution in [3.05, 3.63) is 21.4 Å². The summed E-state index contributed by atoms with van der Waals surface area (Å²) >= 11 is 1.83. The molecule has 0 aromatic carbocycles. The predicted octanol–water partition coefficient (Wildman–Crippen LogP) is 3.14. The molecule has 0 spiro atoms. The summed E-state index contributed by atoms with van der Waals surface area (Å²) < 4.78 is 0. The quantitative estimate of drug-likeness (QED) is 0.827. The zero-order valence-corrected chi connectivity index (χ0v) is 11.7. The summed E-state index contributed by atoms with van der Waals surface area (Å²) in [5.41, 5.74) is 7.11. The molecule has 1 aromatic heterocycles.